The number of rotatable bonds is 1. The lowest BCUT2D eigenvalue weighted by molar-refractivity contribution is 0.365. The molecule has 2 saturated heterocycles. The second kappa shape index (κ2) is 3.11. The Morgan fingerprint density at radius 1 is 1.43 bits per heavy atom. The van der Waals surface area contributed by atoms with Crippen molar-refractivity contribution in [2.45, 2.75) is 6.04 Å². The Bertz CT molecular complexity index is 355. The first-order valence-corrected chi connectivity index (χ1v) is 5.30. The SMILES string of the molecule is Clc1cncc(N2C[C@H]3CNC[C@H]32)c1. The van der Waals surface area contributed by atoms with E-state index in [1.165, 1.54) is 0 Å². The number of nitrogens with zero attached hydrogens (tertiary/aromatic N) is 2. The van der Waals surface area contributed by atoms with Crippen molar-refractivity contribution in [3.05, 3.63) is 23.5 Å². The molecule has 3 rings (SSSR count). The van der Waals surface area contributed by atoms with E-state index >= 15 is 0 Å². The molecule has 0 spiro atoms. The molecular weight excluding hydrogens is 198 g/mol. The Morgan fingerprint density at radius 2 is 2.36 bits per heavy atom. The lowest BCUT2D eigenvalue weighted by Crippen LogP contribution is -2.55. The molecule has 74 valence electrons. The molecule has 1 N–H and O–H groups in total. The van der Waals surface area contributed by atoms with Crippen molar-refractivity contribution in [2.75, 3.05) is 24.5 Å². The maximum atomic E-state index is 5.91. The molecule has 1 aromatic heterocycles. The molecule has 0 saturated carbocycles. The van der Waals surface area contributed by atoms with Gasteiger partial charge in [-0.25, -0.2) is 0 Å². The summed E-state index contributed by atoms with van der Waals surface area (Å²) in [6.45, 7) is 3.39. The van der Waals surface area contributed by atoms with E-state index in [1.54, 1.807) is 6.20 Å². The zero-order valence-electron chi connectivity index (χ0n) is 7.78. The van der Waals surface area contributed by atoms with E-state index < -0.39 is 0 Å². The fraction of sp³-hybridized carbons (Fsp3) is 0.500. The second-order valence-corrected chi connectivity index (χ2v) is 4.44. The molecule has 1 aromatic rings. The third-order valence-electron chi connectivity index (χ3n) is 3.16. The molecule has 2 aliphatic heterocycles. The van der Waals surface area contributed by atoms with Gasteiger partial charge in [-0.1, -0.05) is 11.6 Å². The number of halogens is 1. The standard InChI is InChI=1S/C10H12ClN3/c11-8-1-9(4-13-3-8)14-6-7-2-12-5-10(7)14/h1,3-4,7,10,12H,2,5-6H2/t7-,10-/m1/s1. The van der Waals surface area contributed by atoms with Crippen LogP contribution in [0.25, 0.3) is 0 Å². The van der Waals surface area contributed by atoms with E-state index in [-0.39, 0.29) is 0 Å². The number of nitrogens with one attached hydrogen (secondary N) is 1. The molecule has 14 heavy (non-hydrogen) atoms. The van der Waals surface area contributed by atoms with Gasteiger partial charge < -0.3 is 10.2 Å². The number of aromatic nitrogens is 1. The minimum absolute atomic E-state index is 0.662. The van der Waals surface area contributed by atoms with Gasteiger partial charge >= 0.3 is 0 Å². The summed E-state index contributed by atoms with van der Waals surface area (Å²) in [6, 6.07) is 2.65. The number of fused-ring (bicyclic) bond motifs is 1. The van der Waals surface area contributed by atoms with Gasteiger partial charge in [0.05, 0.1) is 16.9 Å². The van der Waals surface area contributed by atoms with Crippen LogP contribution in [0.4, 0.5) is 5.69 Å². The molecule has 0 aromatic carbocycles. The van der Waals surface area contributed by atoms with Crippen LogP contribution in [0.2, 0.25) is 5.02 Å². The molecule has 0 aliphatic carbocycles. The van der Waals surface area contributed by atoms with Crippen LogP contribution in [0.5, 0.6) is 0 Å². The monoisotopic (exact) mass is 209 g/mol. The van der Waals surface area contributed by atoms with Gasteiger partial charge in [0.1, 0.15) is 0 Å². The molecule has 3 nitrogen and oxygen atoms in total. The largest absolute Gasteiger partial charge is 0.365 e. The van der Waals surface area contributed by atoms with Crippen LogP contribution < -0.4 is 10.2 Å². The Morgan fingerprint density at radius 3 is 3.14 bits per heavy atom. The molecule has 0 radical (unpaired) electrons. The van der Waals surface area contributed by atoms with Gasteiger partial charge in [-0.3, -0.25) is 4.98 Å². The van der Waals surface area contributed by atoms with Gasteiger partial charge in [0.25, 0.3) is 0 Å². The third kappa shape index (κ3) is 1.20. The minimum atomic E-state index is 0.662. The van der Waals surface area contributed by atoms with Gasteiger partial charge in [0, 0.05) is 37.8 Å². The predicted octanol–water partition coefficient (Wildman–Crippen LogP) is 1.14. The van der Waals surface area contributed by atoms with Crippen LogP contribution in [0, 0.1) is 5.92 Å². The number of hydrogen-bond donors (Lipinski definition) is 1. The molecule has 0 amide bonds. The summed E-state index contributed by atoms with van der Waals surface area (Å²) in [5.74, 6) is 0.828. The van der Waals surface area contributed by atoms with Crippen molar-refractivity contribution in [3.8, 4) is 0 Å². The fourth-order valence-corrected chi connectivity index (χ4v) is 2.54. The van der Waals surface area contributed by atoms with Crippen LogP contribution >= 0.6 is 11.6 Å². The topological polar surface area (TPSA) is 28.2 Å². The molecule has 0 bridgehead atoms. The second-order valence-electron chi connectivity index (χ2n) is 4.00. The van der Waals surface area contributed by atoms with Crippen molar-refractivity contribution in [1.29, 1.82) is 0 Å². The average molecular weight is 210 g/mol. The van der Waals surface area contributed by atoms with Crippen molar-refractivity contribution >= 4 is 17.3 Å². The maximum Gasteiger partial charge on any atom is 0.0609 e. The summed E-state index contributed by atoms with van der Waals surface area (Å²) in [7, 11) is 0. The van der Waals surface area contributed by atoms with Crippen LogP contribution in [0.3, 0.4) is 0 Å². The predicted molar refractivity (Wildman–Crippen MR) is 56.7 cm³/mol. The first kappa shape index (κ1) is 8.50. The van der Waals surface area contributed by atoms with E-state index in [0.29, 0.717) is 6.04 Å². The first-order valence-electron chi connectivity index (χ1n) is 4.92. The summed E-state index contributed by atoms with van der Waals surface area (Å²) < 4.78 is 0. The zero-order valence-corrected chi connectivity index (χ0v) is 8.54. The molecule has 2 atom stereocenters. The molecular formula is C10H12ClN3. The van der Waals surface area contributed by atoms with Gasteiger partial charge in [0.15, 0.2) is 0 Å². The van der Waals surface area contributed by atoms with E-state index in [4.69, 9.17) is 11.6 Å². The van der Waals surface area contributed by atoms with Gasteiger partial charge in [-0.2, -0.15) is 0 Å². The van der Waals surface area contributed by atoms with Gasteiger partial charge in [0.2, 0.25) is 0 Å². The Balaban J connectivity index is 1.83. The summed E-state index contributed by atoms with van der Waals surface area (Å²) >= 11 is 5.91. The average Bonchev–Trinajstić information content (AvgIpc) is 2.48. The lowest BCUT2D eigenvalue weighted by atomic mass is 9.91. The third-order valence-corrected chi connectivity index (χ3v) is 3.36. The number of hydrogen-bond acceptors (Lipinski definition) is 3. The highest BCUT2D eigenvalue weighted by Crippen LogP contribution is 2.33. The van der Waals surface area contributed by atoms with Crippen molar-refractivity contribution in [3.63, 3.8) is 0 Å². The molecule has 3 heterocycles. The summed E-state index contributed by atoms with van der Waals surface area (Å²) in [5, 5.41) is 4.12. The van der Waals surface area contributed by atoms with Crippen molar-refractivity contribution < 1.29 is 0 Å². The Labute approximate surface area is 88.1 Å². The quantitative estimate of drug-likeness (QED) is 0.752. The van der Waals surface area contributed by atoms with Gasteiger partial charge in [-0.05, 0) is 6.07 Å². The first-order chi connectivity index (χ1) is 6.84. The fourth-order valence-electron chi connectivity index (χ4n) is 2.37. The number of anilines is 1. The smallest absolute Gasteiger partial charge is 0.0609 e. The van der Waals surface area contributed by atoms with Crippen molar-refractivity contribution in [1.82, 2.24) is 10.3 Å². The Hall–Kier alpha value is -0.800. The number of pyridine rings is 1. The van der Waals surface area contributed by atoms with E-state index in [9.17, 15) is 0 Å². The highest BCUT2D eigenvalue weighted by atomic mass is 35.5. The van der Waals surface area contributed by atoms with Crippen LogP contribution in [-0.4, -0.2) is 30.7 Å². The lowest BCUT2D eigenvalue weighted by Gasteiger charge is -2.45. The van der Waals surface area contributed by atoms with E-state index in [2.05, 4.69) is 15.2 Å². The summed E-state index contributed by atoms with van der Waals surface area (Å²) in [5.41, 5.74) is 1.16. The van der Waals surface area contributed by atoms with Gasteiger partial charge in [-0.15, -0.1) is 0 Å². The zero-order chi connectivity index (χ0) is 9.54. The molecule has 2 aliphatic rings. The molecule has 2 fully saturated rings. The molecule has 0 unspecified atom stereocenters. The van der Waals surface area contributed by atoms with E-state index in [0.717, 1.165) is 36.3 Å². The maximum absolute atomic E-state index is 5.91. The minimum Gasteiger partial charge on any atom is -0.365 e. The van der Waals surface area contributed by atoms with Crippen LogP contribution in [0.1, 0.15) is 0 Å². The van der Waals surface area contributed by atoms with Crippen molar-refractivity contribution in [2.24, 2.45) is 5.92 Å². The highest BCUT2D eigenvalue weighted by Gasteiger charge is 2.42. The normalized spacial score (nSPS) is 29.9. The summed E-state index contributed by atoms with van der Waals surface area (Å²) in [4.78, 5) is 6.49. The van der Waals surface area contributed by atoms with Crippen LogP contribution in [-0.2, 0) is 0 Å². The highest BCUT2D eigenvalue weighted by molar-refractivity contribution is 6.30. The van der Waals surface area contributed by atoms with Crippen LogP contribution in [0.15, 0.2) is 18.5 Å². The summed E-state index contributed by atoms with van der Waals surface area (Å²) in [6.07, 6.45) is 3.57. The Kier molecular flexibility index (Phi) is 1.89. The molecule has 4 heteroatoms. The van der Waals surface area contributed by atoms with E-state index in [1.807, 2.05) is 12.3 Å².